The molecule has 0 aromatic heterocycles. The molecule has 1 rings (SSSR count). The Morgan fingerprint density at radius 1 is 1.29 bits per heavy atom. The Bertz CT molecular complexity index is 144. The summed E-state index contributed by atoms with van der Waals surface area (Å²) in [5, 5.41) is 3.66. The van der Waals surface area contributed by atoms with Crippen LogP contribution >= 0.6 is 0 Å². The van der Waals surface area contributed by atoms with Crippen molar-refractivity contribution in [2.75, 3.05) is 13.1 Å². The summed E-state index contributed by atoms with van der Waals surface area (Å²) in [5.74, 6) is 0.856. The number of rotatable bonds is 7. The van der Waals surface area contributed by atoms with Crippen LogP contribution in [0.15, 0.2) is 0 Å². The third-order valence-electron chi connectivity index (χ3n) is 3.94. The Hall–Kier alpha value is -0.0400. The normalized spacial score (nSPS) is 21.6. The van der Waals surface area contributed by atoms with Gasteiger partial charge in [-0.3, -0.25) is 0 Å². The van der Waals surface area contributed by atoms with Gasteiger partial charge in [0.2, 0.25) is 0 Å². The first kappa shape index (κ1) is 12.0. The zero-order valence-corrected chi connectivity index (χ0v) is 10.2. The summed E-state index contributed by atoms with van der Waals surface area (Å²) in [7, 11) is 0. The molecule has 0 radical (unpaired) electrons. The highest BCUT2D eigenvalue weighted by molar-refractivity contribution is 4.88. The Balaban J connectivity index is 2.08. The minimum atomic E-state index is 0.686. The second-order valence-electron chi connectivity index (χ2n) is 5.23. The summed E-state index contributed by atoms with van der Waals surface area (Å²) in [6.07, 6.45) is 8.42. The van der Waals surface area contributed by atoms with Crippen molar-refractivity contribution in [1.82, 2.24) is 5.32 Å². The van der Waals surface area contributed by atoms with Crippen molar-refractivity contribution < 1.29 is 0 Å². The van der Waals surface area contributed by atoms with Gasteiger partial charge in [-0.1, -0.05) is 33.6 Å². The first-order valence-corrected chi connectivity index (χ1v) is 6.43. The van der Waals surface area contributed by atoms with Gasteiger partial charge in [-0.15, -0.1) is 0 Å². The van der Waals surface area contributed by atoms with E-state index in [-0.39, 0.29) is 0 Å². The molecule has 0 bridgehead atoms. The average molecular weight is 197 g/mol. The van der Waals surface area contributed by atoms with Crippen molar-refractivity contribution in [3.8, 4) is 0 Å². The van der Waals surface area contributed by atoms with E-state index in [9.17, 15) is 0 Å². The fraction of sp³-hybridized carbons (Fsp3) is 1.00. The second kappa shape index (κ2) is 5.75. The molecule has 1 atom stereocenters. The molecule has 1 heteroatoms. The third kappa shape index (κ3) is 3.27. The SMILES string of the molecule is CCCC(C)CNCC1(CC)CCC1. The molecule has 1 nitrogen and oxygen atoms in total. The van der Waals surface area contributed by atoms with Crippen LogP contribution in [0.1, 0.15) is 59.3 Å². The van der Waals surface area contributed by atoms with Gasteiger partial charge < -0.3 is 5.32 Å². The molecule has 0 aromatic carbocycles. The van der Waals surface area contributed by atoms with Gasteiger partial charge in [0, 0.05) is 6.54 Å². The molecule has 0 heterocycles. The zero-order valence-electron chi connectivity index (χ0n) is 10.2. The quantitative estimate of drug-likeness (QED) is 0.657. The highest BCUT2D eigenvalue weighted by atomic mass is 14.9. The molecule has 0 amide bonds. The fourth-order valence-corrected chi connectivity index (χ4v) is 2.51. The van der Waals surface area contributed by atoms with E-state index in [0.717, 1.165) is 5.92 Å². The molecule has 0 saturated heterocycles. The molecular weight excluding hydrogens is 170 g/mol. The molecule has 84 valence electrons. The molecule has 1 aliphatic carbocycles. The molecule has 0 spiro atoms. The van der Waals surface area contributed by atoms with Gasteiger partial charge in [-0.2, -0.15) is 0 Å². The predicted molar refractivity (Wildman–Crippen MR) is 63.5 cm³/mol. The van der Waals surface area contributed by atoms with Crippen molar-refractivity contribution in [2.45, 2.75) is 59.3 Å². The van der Waals surface area contributed by atoms with Crippen molar-refractivity contribution >= 4 is 0 Å². The van der Waals surface area contributed by atoms with Crippen LogP contribution in [0, 0.1) is 11.3 Å². The highest BCUT2D eigenvalue weighted by Gasteiger charge is 2.34. The molecule has 1 N–H and O–H groups in total. The Morgan fingerprint density at radius 3 is 2.43 bits per heavy atom. The average Bonchev–Trinajstić information content (AvgIpc) is 2.10. The Kier molecular flexibility index (Phi) is 4.94. The largest absolute Gasteiger partial charge is 0.316 e. The van der Waals surface area contributed by atoms with E-state index in [1.165, 1.54) is 51.6 Å². The van der Waals surface area contributed by atoms with E-state index >= 15 is 0 Å². The van der Waals surface area contributed by atoms with Crippen LogP contribution in [0.3, 0.4) is 0 Å². The van der Waals surface area contributed by atoms with Crippen LogP contribution in [-0.4, -0.2) is 13.1 Å². The molecule has 14 heavy (non-hydrogen) atoms. The molecule has 1 fully saturated rings. The molecule has 1 aliphatic rings. The van der Waals surface area contributed by atoms with E-state index < -0.39 is 0 Å². The number of hydrogen-bond acceptors (Lipinski definition) is 1. The van der Waals surface area contributed by atoms with Crippen LogP contribution in [0.4, 0.5) is 0 Å². The third-order valence-corrected chi connectivity index (χ3v) is 3.94. The standard InChI is InChI=1S/C13H27N/c1-4-7-12(3)10-14-11-13(5-2)8-6-9-13/h12,14H,4-11H2,1-3H3. The summed E-state index contributed by atoms with van der Waals surface area (Å²) in [4.78, 5) is 0. The van der Waals surface area contributed by atoms with E-state index in [4.69, 9.17) is 0 Å². The molecule has 0 aliphatic heterocycles. The van der Waals surface area contributed by atoms with Gasteiger partial charge >= 0.3 is 0 Å². The van der Waals surface area contributed by atoms with Gasteiger partial charge in [0.1, 0.15) is 0 Å². The smallest absolute Gasteiger partial charge is 0.000782 e. The van der Waals surface area contributed by atoms with Crippen molar-refractivity contribution in [3.63, 3.8) is 0 Å². The Morgan fingerprint density at radius 2 is 2.00 bits per heavy atom. The zero-order chi connectivity index (χ0) is 10.4. The lowest BCUT2D eigenvalue weighted by atomic mass is 9.67. The summed E-state index contributed by atoms with van der Waals surface area (Å²) in [6, 6.07) is 0. The lowest BCUT2D eigenvalue weighted by molar-refractivity contribution is 0.122. The van der Waals surface area contributed by atoms with Gasteiger partial charge in [0.05, 0.1) is 0 Å². The molecule has 1 saturated carbocycles. The highest BCUT2D eigenvalue weighted by Crippen LogP contribution is 2.42. The van der Waals surface area contributed by atoms with Crippen LogP contribution < -0.4 is 5.32 Å². The van der Waals surface area contributed by atoms with E-state index in [0.29, 0.717) is 5.41 Å². The van der Waals surface area contributed by atoms with E-state index in [1.54, 1.807) is 0 Å². The van der Waals surface area contributed by atoms with Crippen LogP contribution in [0.5, 0.6) is 0 Å². The van der Waals surface area contributed by atoms with Gasteiger partial charge in [0.15, 0.2) is 0 Å². The first-order valence-electron chi connectivity index (χ1n) is 6.43. The number of nitrogens with one attached hydrogen (secondary N) is 1. The Labute approximate surface area is 89.7 Å². The molecular formula is C13H27N. The summed E-state index contributed by atoms with van der Waals surface area (Å²) in [6.45, 7) is 9.45. The lowest BCUT2D eigenvalue weighted by Crippen LogP contribution is -2.40. The lowest BCUT2D eigenvalue weighted by Gasteiger charge is -2.41. The predicted octanol–water partition coefficient (Wildman–Crippen LogP) is 3.59. The van der Waals surface area contributed by atoms with E-state index in [1.807, 2.05) is 0 Å². The van der Waals surface area contributed by atoms with Crippen molar-refractivity contribution in [1.29, 1.82) is 0 Å². The monoisotopic (exact) mass is 197 g/mol. The first-order chi connectivity index (χ1) is 6.72. The van der Waals surface area contributed by atoms with Crippen LogP contribution in [0.2, 0.25) is 0 Å². The van der Waals surface area contributed by atoms with E-state index in [2.05, 4.69) is 26.1 Å². The molecule has 1 unspecified atom stereocenters. The second-order valence-corrected chi connectivity index (χ2v) is 5.23. The summed E-state index contributed by atoms with van der Waals surface area (Å²) in [5.41, 5.74) is 0.686. The minimum Gasteiger partial charge on any atom is -0.316 e. The topological polar surface area (TPSA) is 12.0 Å². The van der Waals surface area contributed by atoms with Crippen molar-refractivity contribution in [3.05, 3.63) is 0 Å². The maximum Gasteiger partial charge on any atom is 0.000782 e. The van der Waals surface area contributed by atoms with Crippen LogP contribution in [0.25, 0.3) is 0 Å². The van der Waals surface area contributed by atoms with Gasteiger partial charge in [-0.25, -0.2) is 0 Å². The van der Waals surface area contributed by atoms with Crippen LogP contribution in [-0.2, 0) is 0 Å². The minimum absolute atomic E-state index is 0.686. The fourth-order valence-electron chi connectivity index (χ4n) is 2.51. The van der Waals surface area contributed by atoms with Gasteiger partial charge in [0.25, 0.3) is 0 Å². The van der Waals surface area contributed by atoms with Crippen molar-refractivity contribution in [2.24, 2.45) is 11.3 Å². The summed E-state index contributed by atoms with van der Waals surface area (Å²) < 4.78 is 0. The number of hydrogen-bond donors (Lipinski definition) is 1. The van der Waals surface area contributed by atoms with Gasteiger partial charge in [-0.05, 0) is 43.6 Å². The maximum atomic E-state index is 3.66. The molecule has 0 aromatic rings. The summed E-state index contributed by atoms with van der Waals surface area (Å²) >= 11 is 0. The maximum absolute atomic E-state index is 3.66.